The van der Waals surface area contributed by atoms with E-state index in [-0.39, 0.29) is 0 Å². The molecule has 0 saturated heterocycles. The highest BCUT2D eigenvalue weighted by atomic mass is 32.2. The van der Waals surface area contributed by atoms with Gasteiger partial charge in [-0.3, -0.25) is 0 Å². The molecule has 1 aromatic carbocycles. The van der Waals surface area contributed by atoms with Crippen LogP contribution < -0.4 is 10.6 Å². The molecule has 0 aromatic heterocycles. The van der Waals surface area contributed by atoms with Gasteiger partial charge in [0.05, 0.1) is 6.54 Å². The predicted molar refractivity (Wildman–Crippen MR) is 95.0 cm³/mol. The largest absolute Gasteiger partial charge is 0.357 e. The number of hydrogen-bond acceptors (Lipinski definition) is 3. The Labute approximate surface area is 133 Å². The zero-order chi connectivity index (χ0) is 15.5. The fourth-order valence-corrected chi connectivity index (χ4v) is 2.28. The molecule has 1 rings (SSSR count). The average Bonchev–Trinajstić information content (AvgIpc) is 2.44. The van der Waals surface area contributed by atoms with E-state index in [2.05, 4.69) is 72.1 Å². The predicted octanol–water partition coefficient (Wildman–Crippen LogP) is 2.17. The third-order valence-electron chi connectivity index (χ3n) is 2.85. The van der Waals surface area contributed by atoms with Crippen LogP contribution in [-0.2, 0) is 13.1 Å². The van der Waals surface area contributed by atoms with E-state index in [1.807, 2.05) is 11.8 Å². The molecule has 0 heterocycles. The SMILES string of the molecule is CCNC(=NCc1cccc(CN(C)C)c1)NCCSC. The van der Waals surface area contributed by atoms with Crippen molar-refractivity contribution in [3.05, 3.63) is 35.4 Å². The van der Waals surface area contributed by atoms with Gasteiger partial charge in [0.2, 0.25) is 0 Å². The molecule has 0 aliphatic rings. The van der Waals surface area contributed by atoms with Crippen LogP contribution in [0.4, 0.5) is 0 Å². The first kappa shape index (κ1) is 17.9. The summed E-state index contributed by atoms with van der Waals surface area (Å²) in [6, 6.07) is 8.63. The van der Waals surface area contributed by atoms with Crippen LogP contribution in [0.25, 0.3) is 0 Å². The van der Waals surface area contributed by atoms with Gasteiger partial charge in [0.25, 0.3) is 0 Å². The van der Waals surface area contributed by atoms with Crippen LogP contribution in [0.15, 0.2) is 29.3 Å². The summed E-state index contributed by atoms with van der Waals surface area (Å²) in [6.45, 7) is 5.57. The highest BCUT2D eigenvalue weighted by Gasteiger charge is 1.99. The molecule has 5 heteroatoms. The molecule has 1 aromatic rings. The quantitative estimate of drug-likeness (QED) is 0.439. The van der Waals surface area contributed by atoms with E-state index in [9.17, 15) is 0 Å². The van der Waals surface area contributed by atoms with Gasteiger partial charge < -0.3 is 15.5 Å². The molecular weight excluding hydrogens is 280 g/mol. The van der Waals surface area contributed by atoms with Crippen LogP contribution in [0.3, 0.4) is 0 Å². The van der Waals surface area contributed by atoms with E-state index in [1.54, 1.807) is 0 Å². The Bertz CT molecular complexity index is 432. The topological polar surface area (TPSA) is 39.7 Å². The van der Waals surface area contributed by atoms with Crippen molar-refractivity contribution in [3.8, 4) is 0 Å². The fourth-order valence-electron chi connectivity index (χ4n) is 1.98. The summed E-state index contributed by atoms with van der Waals surface area (Å²) >= 11 is 1.83. The number of guanidine groups is 1. The summed E-state index contributed by atoms with van der Waals surface area (Å²) in [7, 11) is 4.17. The van der Waals surface area contributed by atoms with Gasteiger partial charge in [0, 0.05) is 25.4 Å². The van der Waals surface area contributed by atoms with Gasteiger partial charge in [-0.2, -0.15) is 11.8 Å². The maximum absolute atomic E-state index is 4.65. The van der Waals surface area contributed by atoms with Crippen LogP contribution in [0.5, 0.6) is 0 Å². The second-order valence-electron chi connectivity index (χ2n) is 5.17. The summed E-state index contributed by atoms with van der Waals surface area (Å²) in [4.78, 5) is 6.82. The number of aliphatic imine (C=N–C) groups is 1. The maximum Gasteiger partial charge on any atom is 0.191 e. The maximum atomic E-state index is 4.65. The van der Waals surface area contributed by atoms with Crippen molar-refractivity contribution in [1.82, 2.24) is 15.5 Å². The van der Waals surface area contributed by atoms with E-state index in [0.717, 1.165) is 31.3 Å². The third-order valence-corrected chi connectivity index (χ3v) is 3.47. The third kappa shape index (κ3) is 7.97. The van der Waals surface area contributed by atoms with Gasteiger partial charge in [-0.1, -0.05) is 24.3 Å². The van der Waals surface area contributed by atoms with Crippen molar-refractivity contribution >= 4 is 17.7 Å². The Morgan fingerprint density at radius 3 is 2.67 bits per heavy atom. The van der Waals surface area contributed by atoms with E-state index in [1.165, 1.54) is 11.1 Å². The van der Waals surface area contributed by atoms with E-state index in [4.69, 9.17) is 0 Å². The Morgan fingerprint density at radius 1 is 1.24 bits per heavy atom. The van der Waals surface area contributed by atoms with Crippen molar-refractivity contribution in [2.24, 2.45) is 4.99 Å². The minimum absolute atomic E-state index is 0.704. The smallest absolute Gasteiger partial charge is 0.191 e. The number of hydrogen-bond donors (Lipinski definition) is 2. The number of thioether (sulfide) groups is 1. The van der Waals surface area contributed by atoms with Crippen LogP contribution in [0, 0.1) is 0 Å². The molecule has 0 radical (unpaired) electrons. The second kappa shape index (κ2) is 10.5. The molecule has 0 atom stereocenters. The minimum atomic E-state index is 0.704. The van der Waals surface area contributed by atoms with Gasteiger partial charge in [-0.05, 0) is 38.4 Å². The summed E-state index contributed by atoms with van der Waals surface area (Å²) < 4.78 is 0. The van der Waals surface area contributed by atoms with Gasteiger partial charge in [0.15, 0.2) is 5.96 Å². The summed E-state index contributed by atoms with van der Waals surface area (Å²) in [6.07, 6.45) is 2.11. The molecule has 0 bridgehead atoms. The van der Waals surface area contributed by atoms with Crippen molar-refractivity contribution < 1.29 is 0 Å². The summed E-state index contributed by atoms with van der Waals surface area (Å²) in [5.74, 6) is 1.98. The Kier molecular flexibility index (Phi) is 8.94. The summed E-state index contributed by atoms with van der Waals surface area (Å²) in [5, 5.41) is 6.63. The lowest BCUT2D eigenvalue weighted by Crippen LogP contribution is -2.38. The number of nitrogens with one attached hydrogen (secondary N) is 2. The van der Waals surface area contributed by atoms with E-state index >= 15 is 0 Å². The first-order valence-corrected chi connectivity index (χ1v) is 8.78. The first-order valence-electron chi connectivity index (χ1n) is 7.39. The standard InChI is InChI=1S/C16H28N4S/c1-5-17-16(18-9-10-21-4)19-12-14-7-6-8-15(11-14)13-20(2)3/h6-8,11H,5,9-10,12-13H2,1-4H3,(H2,17,18,19). The van der Waals surface area contributed by atoms with Crippen molar-refractivity contribution in [1.29, 1.82) is 0 Å². The molecule has 0 amide bonds. The monoisotopic (exact) mass is 308 g/mol. The molecule has 0 aliphatic heterocycles. The molecule has 0 spiro atoms. The lowest BCUT2D eigenvalue weighted by molar-refractivity contribution is 0.402. The molecule has 21 heavy (non-hydrogen) atoms. The lowest BCUT2D eigenvalue weighted by Gasteiger charge is -2.12. The molecular formula is C16H28N4S. The van der Waals surface area contributed by atoms with Gasteiger partial charge in [-0.25, -0.2) is 4.99 Å². The number of nitrogens with zero attached hydrogens (tertiary/aromatic N) is 2. The molecule has 0 saturated carbocycles. The van der Waals surface area contributed by atoms with Gasteiger partial charge in [0.1, 0.15) is 0 Å². The first-order chi connectivity index (χ1) is 10.2. The molecule has 0 unspecified atom stereocenters. The van der Waals surface area contributed by atoms with E-state index in [0.29, 0.717) is 6.54 Å². The Hall–Kier alpha value is -1.20. The molecule has 2 N–H and O–H groups in total. The fraction of sp³-hybridized carbons (Fsp3) is 0.562. The normalized spacial score (nSPS) is 11.8. The minimum Gasteiger partial charge on any atom is -0.357 e. The van der Waals surface area contributed by atoms with Gasteiger partial charge >= 0.3 is 0 Å². The summed E-state index contributed by atoms with van der Waals surface area (Å²) in [5.41, 5.74) is 2.57. The van der Waals surface area contributed by atoms with Crippen LogP contribution >= 0.6 is 11.8 Å². The van der Waals surface area contributed by atoms with Crippen LogP contribution in [0.2, 0.25) is 0 Å². The van der Waals surface area contributed by atoms with Crippen LogP contribution in [-0.4, -0.2) is 50.1 Å². The van der Waals surface area contributed by atoms with Crippen LogP contribution in [0.1, 0.15) is 18.1 Å². The highest BCUT2D eigenvalue weighted by molar-refractivity contribution is 7.98. The zero-order valence-electron chi connectivity index (χ0n) is 13.6. The Balaban J connectivity index is 2.61. The van der Waals surface area contributed by atoms with Crippen molar-refractivity contribution in [2.45, 2.75) is 20.0 Å². The lowest BCUT2D eigenvalue weighted by atomic mass is 10.1. The van der Waals surface area contributed by atoms with Crippen molar-refractivity contribution in [2.75, 3.05) is 39.2 Å². The van der Waals surface area contributed by atoms with E-state index < -0.39 is 0 Å². The number of rotatable bonds is 8. The highest BCUT2D eigenvalue weighted by Crippen LogP contribution is 2.08. The molecule has 0 aliphatic carbocycles. The Morgan fingerprint density at radius 2 is 2.00 bits per heavy atom. The second-order valence-corrected chi connectivity index (χ2v) is 6.16. The number of benzene rings is 1. The molecule has 4 nitrogen and oxygen atoms in total. The average molecular weight is 308 g/mol. The van der Waals surface area contributed by atoms with Crippen molar-refractivity contribution in [3.63, 3.8) is 0 Å². The zero-order valence-corrected chi connectivity index (χ0v) is 14.5. The van der Waals surface area contributed by atoms with Gasteiger partial charge in [-0.15, -0.1) is 0 Å². The molecule has 0 fully saturated rings. The molecule has 118 valence electrons.